The minimum absolute atomic E-state index is 0.490. The molecule has 1 N–H and O–H groups in total. The lowest BCUT2D eigenvalue weighted by atomic mass is 9.68. The Morgan fingerprint density at radius 1 is 0.810 bits per heavy atom. The fourth-order valence-electron chi connectivity index (χ4n) is 4.27. The van der Waals surface area contributed by atoms with Crippen LogP contribution in [0.25, 0.3) is 0 Å². The highest BCUT2D eigenvalue weighted by molar-refractivity contribution is 5.29. The normalized spacial score (nSPS) is 30.5. The van der Waals surface area contributed by atoms with Crippen LogP contribution in [0.5, 0.6) is 0 Å². The molecule has 0 amide bonds. The van der Waals surface area contributed by atoms with E-state index in [1.807, 2.05) is 0 Å². The molecule has 1 nitrogen and oxygen atoms in total. The van der Waals surface area contributed by atoms with E-state index in [-0.39, 0.29) is 0 Å². The molecular formula is C20H31N. The molecule has 116 valence electrons. The van der Waals surface area contributed by atoms with Crippen molar-refractivity contribution < 1.29 is 0 Å². The Morgan fingerprint density at radius 3 is 1.86 bits per heavy atom. The lowest BCUT2D eigenvalue weighted by Crippen LogP contribution is -2.25. The van der Waals surface area contributed by atoms with Gasteiger partial charge in [0, 0.05) is 6.54 Å². The summed E-state index contributed by atoms with van der Waals surface area (Å²) in [5, 5.41) is 3.47. The molecule has 1 unspecified atom stereocenters. The van der Waals surface area contributed by atoms with Gasteiger partial charge in [0.2, 0.25) is 0 Å². The lowest BCUT2D eigenvalue weighted by molar-refractivity contribution is 0.169. The van der Waals surface area contributed by atoms with Crippen molar-refractivity contribution in [3.63, 3.8) is 0 Å². The molecule has 3 rings (SSSR count). The maximum absolute atomic E-state index is 3.47. The number of benzene rings is 1. The molecule has 1 saturated carbocycles. The molecule has 0 aromatic heterocycles. The van der Waals surface area contributed by atoms with Crippen LogP contribution in [0, 0.1) is 11.3 Å². The summed E-state index contributed by atoms with van der Waals surface area (Å²) < 4.78 is 0. The SMILES string of the molecule is CC(C)(C)C1CCC(c2ccc(C3CCNC3)cc2)CC1. The molecule has 0 radical (unpaired) electrons. The van der Waals surface area contributed by atoms with Crippen molar-refractivity contribution in [1.29, 1.82) is 0 Å². The fraction of sp³-hybridized carbons (Fsp3) is 0.700. The topological polar surface area (TPSA) is 12.0 Å². The minimum Gasteiger partial charge on any atom is -0.316 e. The standard InChI is InChI=1S/C20H31N/c1-20(2,3)19-10-8-16(9-11-19)15-4-6-17(7-5-15)18-12-13-21-14-18/h4-7,16,18-19,21H,8-14H2,1-3H3. The summed E-state index contributed by atoms with van der Waals surface area (Å²) in [7, 11) is 0. The van der Waals surface area contributed by atoms with Crippen LogP contribution in [0.3, 0.4) is 0 Å². The van der Waals surface area contributed by atoms with Crippen molar-refractivity contribution in [3.8, 4) is 0 Å². The highest BCUT2D eigenvalue weighted by Gasteiger charge is 2.30. The third-order valence-corrected chi connectivity index (χ3v) is 5.89. The zero-order chi connectivity index (χ0) is 14.9. The maximum Gasteiger partial charge on any atom is 0.00206 e. The maximum atomic E-state index is 3.47. The van der Waals surface area contributed by atoms with E-state index in [4.69, 9.17) is 0 Å². The summed E-state index contributed by atoms with van der Waals surface area (Å²) in [4.78, 5) is 0. The van der Waals surface area contributed by atoms with E-state index in [1.165, 1.54) is 44.2 Å². The summed E-state index contributed by atoms with van der Waals surface area (Å²) in [6, 6.07) is 9.61. The molecule has 1 aliphatic heterocycles. The minimum atomic E-state index is 0.490. The smallest absolute Gasteiger partial charge is 0.00206 e. The quantitative estimate of drug-likeness (QED) is 0.798. The van der Waals surface area contributed by atoms with Crippen LogP contribution in [0.4, 0.5) is 0 Å². The van der Waals surface area contributed by atoms with E-state index in [0.29, 0.717) is 5.41 Å². The third-order valence-electron chi connectivity index (χ3n) is 5.89. The van der Waals surface area contributed by atoms with E-state index < -0.39 is 0 Å². The van der Waals surface area contributed by atoms with Crippen LogP contribution in [-0.2, 0) is 0 Å². The summed E-state index contributed by atoms with van der Waals surface area (Å²) >= 11 is 0. The number of rotatable bonds is 2. The van der Waals surface area contributed by atoms with E-state index in [1.54, 1.807) is 5.56 Å². The molecule has 1 aromatic carbocycles. The predicted molar refractivity (Wildman–Crippen MR) is 90.8 cm³/mol. The predicted octanol–water partition coefficient (Wildman–Crippen LogP) is 5.08. The van der Waals surface area contributed by atoms with Crippen molar-refractivity contribution >= 4 is 0 Å². The molecule has 1 heteroatoms. The summed E-state index contributed by atoms with van der Waals surface area (Å²) in [5.74, 6) is 2.47. The molecule has 21 heavy (non-hydrogen) atoms. The molecule has 0 bridgehead atoms. The Hall–Kier alpha value is -0.820. The third kappa shape index (κ3) is 3.51. The van der Waals surface area contributed by atoms with E-state index in [0.717, 1.165) is 24.3 Å². The largest absolute Gasteiger partial charge is 0.316 e. The van der Waals surface area contributed by atoms with Crippen molar-refractivity contribution in [3.05, 3.63) is 35.4 Å². The highest BCUT2D eigenvalue weighted by atomic mass is 14.9. The van der Waals surface area contributed by atoms with Gasteiger partial charge >= 0.3 is 0 Å². The fourth-order valence-corrected chi connectivity index (χ4v) is 4.27. The van der Waals surface area contributed by atoms with Gasteiger partial charge in [-0.1, -0.05) is 45.0 Å². The summed E-state index contributed by atoms with van der Waals surface area (Å²) in [6.45, 7) is 9.56. The first-order chi connectivity index (χ1) is 10.0. The van der Waals surface area contributed by atoms with Gasteiger partial charge in [0.05, 0.1) is 0 Å². The summed E-state index contributed by atoms with van der Waals surface area (Å²) in [5.41, 5.74) is 3.61. The van der Waals surface area contributed by atoms with Crippen molar-refractivity contribution in [2.45, 2.75) is 64.7 Å². The molecule has 0 spiro atoms. The second-order valence-corrected chi connectivity index (χ2v) is 8.27. The lowest BCUT2D eigenvalue weighted by Gasteiger charge is -2.37. The van der Waals surface area contributed by atoms with Crippen LogP contribution in [-0.4, -0.2) is 13.1 Å². The van der Waals surface area contributed by atoms with E-state index >= 15 is 0 Å². The average molecular weight is 285 g/mol. The van der Waals surface area contributed by atoms with Gasteiger partial charge < -0.3 is 5.32 Å². The Labute approximate surface area is 130 Å². The molecule has 2 aliphatic rings. The van der Waals surface area contributed by atoms with Gasteiger partial charge in [-0.15, -0.1) is 0 Å². The molecule has 1 saturated heterocycles. The van der Waals surface area contributed by atoms with Crippen molar-refractivity contribution in [2.75, 3.05) is 13.1 Å². The molecule has 1 aromatic rings. The number of hydrogen-bond acceptors (Lipinski definition) is 1. The van der Waals surface area contributed by atoms with Gasteiger partial charge in [0.1, 0.15) is 0 Å². The summed E-state index contributed by atoms with van der Waals surface area (Å²) in [6.07, 6.45) is 6.87. The number of nitrogens with one attached hydrogen (secondary N) is 1. The van der Waals surface area contributed by atoms with Gasteiger partial charge in [-0.2, -0.15) is 0 Å². The molecule has 1 atom stereocenters. The van der Waals surface area contributed by atoms with Crippen LogP contribution in [0.15, 0.2) is 24.3 Å². The zero-order valence-corrected chi connectivity index (χ0v) is 14.0. The first-order valence-electron chi connectivity index (χ1n) is 8.84. The van der Waals surface area contributed by atoms with Crippen LogP contribution >= 0.6 is 0 Å². The van der Waals surface area contributed by atoms with Gasteiger partial charge in [-0.3, -0.25) is 0 Å². The Bertz CT molecular complexity index is 440. The van der Waals surface area contributed by atoms with E-state index in [2.05, 4.69) is 50.4 Å². The Kier molecular flexibility index (Phi) is 4.40. The first-order valence-corrected chi connectivity index (χ1v) is 8.84. The van der Waals surface area contributed by atoms with E-state index in [9.17, 15) is 0 Å². The van der Waals surface area contributed by atoms with Crippen LogP contribution < -0.4 is 5.32 Å². The monoisotopic (exact) mass is 285 g/mol. The Balaban J connectivity index is 1.60. The van der Waals surface area contributed by atoms with Gasteiger partial charge in [-0.05, 0) is 72.9 Å². The van der Waals surface area contributed by atoms with Gasteiger partial charge in [-0.25, -0.2) is 0 Å². The second kappa shape index (κ2) is 6.12. The molecule has 2 fully saturated rings. The second-order valence-electron chi connectivity index (χ2n) is 8.27. The Morgan fingerprint density at radius 2 is 1.38 bits per heavy atom. The van der Waals surface area contributed by atoms with Crippen molar-refractivity contribution in [1.82, 2.24) is 5.32 Å². The van der Waals surface area contributed by atoms with Crippen LogP contribution in [0.1, 0.15) is 75.8 Å². The van der Waals surface area contributed by atoms with Crippen molar-refractivity contribution in [2.24, 2.45) is 11.3 Å². The van der Waals surface area contributed by atoms with Gasteiger partial charge in [0.25, 0.3) is 0 Å². The van der Waals surface area contributed by atoms with Crippen LogP contribution in [0.2, 0.25) is 0 Å². The molecular weight excluding hydrogens is 254 g/mol. The molecule has 1 heterocycles. The zero-order valence-electron chi connectivity index (χ0n) is 14.0. The number of hydrogen-bond donors (Lipinski definition) is 1. The first kappa shape index (κ1) is 15.1. The molecule has 1 aliphatic carbocycles. The average Bonchev–Trinajstić information content (AvgIpc) is 3.01. The van der Waals surface area contributed by atoms with Gasteiger partial charge in [0.15, 0.2) is 0 Å². The highest BCUT2D eigenvalue weighted by Crippen LogP contribution is 2.43.